The van der Waals surface area contributed by atoms with Gasteiger partial charge in [0.2, 0.25) is 0 Å². The lowest BCUT2D eigenvalue weighted by molar-refractivity contribution is 0.441. The summed E-state index contributed by atoms with van der Waals surface area (Å²) in [7, 11) is 0. The van der Waals surface area contributed by atoms with Crippen molar-refractivity contribution in [1.29, 1.82) is 0 Å². The number of thiophene rings is 1. The van der Waals surface area contributed by atoms with E-state index in [1.807, 2.05) is 29.5 Å². The van der Waals surface area contributed by atoms with Crippen LogP contribution < -0.4 is 5.32 Å². The average Bonchev–Trinajstić information content (AvgIpc) is 2.71. The van der Waals surface area contributed by atoms with Crippen molar-refractivity contribution in [1.82, 2.24) is 5.32 Å². The molecule has 2 nitrogen and oxygen atoms in total. The molecule has 0 aliphatic carbocycles. The topological polar surface area (TPSA) is 32.3 Å². The normalized spacial score (nSPS) is 12.6. The second-order valence-corrected chi connectivity index (χ2v) is 6.19. The molecule has 0 bridgehead atoms. The zero-order valence-electron chi connectivity index (χ0n) is 11.7. The highest BCUT2D eigenvalue weighted by atomic mass is 32.1. The minimum atomic E-state index is 0.198. The van der Waals surface area contributed by atoms with Crippen molar-refractivity contribution in [2.75, 3.05) is 0 Å². The molecule has 1 heterocycles. The summed E-state index contributed by atoms with van der Waals surface area (Å²) in [5.41, 5.74) is 2.34. The van der Waals surface area contributed by atoms with Crippen molar-refractivity contribution in [3.05, 3.63) is 51.2 Å². The van der Waals surface area contributed by atoms with Gasteiger partial charge in [0, 0.05) is 27.9 Å². The first-order chi connectivity index (χ1) is 9.11. The molecule has 0 radical (unpaired) electrons. The van der Waals surface area contributed by atoms with Gasteiger partial charge in [0.25, 0.3) is 0 Å². The minimum absolute atomic E-state index is 0.198. The molecule has 0 spiro atoms. The molecule has 1 unspecified atom stereocenters. The van der Waals surface area contributed by atoms with Crippen molar-refractivity contribution in [2.24, 2.45) is 0 Å². The number of phenolic OH excluding ortho intramolecular Hbond substituents is 1. The number of aryl methyl sites for hydroxylation is 2. The number of benzene rings is 1. The monoisotopic (exact) mass is 275 g/mol. The summed E-state index contributed by atoms with van der Waals surface area (Å²) < 4.78 is 0. The average molecular weight is 275 g/mol. The fraction of sp³-hybridized carbons (Fsp3) is 0.375. The molecule has 1 aromatic carbocycles. The van der Waals surface area contributed by atoms with Crippen LogP contribution in [0.2, 0.25) is 0 Å². The number of rotatable bonds is 5. The summed E-state index contributed by atoms with van der Waals surface area (Å²) in [4.78, 5) is 2.73. The molecule has 2 N–H and O–H groups in total. The molecule has 19 heavy (non-hydrogen) atoms. The summed E-state index contributed by atoms with van der Waals surface area (Å²) in [6.07, 6.45) is 0.959. The van der Waals surface area contributed by atoms with Crippen molar-refractivity contribution in [3.8, 4) is 5.75 Å². The van der Waals surface area contributed by atoms with Crippen LogP contribution in [0.4, 0.5) is 0 Å². The molecule has 102 valence electrons. The Morgan fingerprint density at radius 3 is 2.58 bits per heavy atom. The van der Waals surface area contributed by atoms with Crippen LogP contribution in [0.5, 0.6) is 5.75 Å². The molecule has 2 rings (SSSR count). The smallest absolute Gasteiger partial charge is 0.120 e. The lowest BCUT2D eigenvalue weighted by atomic mass is 10.0. The van der Waals surface area contributed by atoms with Crippen LogP contribution in [0.1, 0.15) is 40.3 Å². The number of phenols is 1. The van der Waals surface area contributed by atoms with Crippen molar-refractivity contribution < 1.29 is 5.11 Å². The van der Waals surface area contributed by atoms with E-state index >= 15 is 0 Å². The molecule has 0 saturated heterocycles. The van der Waals surface area contributed by atoms with Gasteiger partial charge in [-0.2, -0.15) is 0 Å². The maximum absolute atomic E-state index is 9.92. The lowest BCUT2D eigenvalue weighted by Crippen LogP contribution is -2.19. The van der Waals surface area contributed by atoms with Crippen LogP contribution in [-0.2, 0) is 6.54 Å². The molecule has 2 aromatic rings. The molecule has 3 heteroatoms. The summed E-state index contributed by atoms with van der Waals surface area (Å²) in [5.74, 6) is 0.375. The maximum Gasteiger partial charge on any atom is 0.120 e. The van der Waals surface area contributed by atoms with Crippen LogP contribution in [-0.4, -0.2) is 5.11 Å². The zero-order valence-corrected chi connectivity index (χ0v) is 12.6. The third kappa shape index (κ3) is 3.37. The molecular weight excluding hydrogens is 254 g/mol. The second-order valence-electron chi connectivity index (χ2n) is 4.85. The number of aromatic hydroxyl groups is 1. The molecule has 1 atom stereocenters. The van der Waals surface area contributed by atoms with Gasteiger partial charge >= 0.3 is 0 Å². The van der Waals surface area contributed by atoms with E-state index in [0.29, 0.717) is 5.75 Å². The minimum Gasteiger partial charge on any atom is -0.508 e. The van der Waals surface area contributed by atoms with E-state index in [-0.39, 0.29) is 6.04 Å². The van der Waals surface area contributed by atoms with Gasteiger partial charge in [-0.05, 0) is 38.0 Å². The molecular formula is C16H21NOS. The second kappa shape index (κ2) is 6.22. The van der Waals surface area contributed by atoms with Gasteiger partial charge in [-0.3, -0.25) is 0 Å². The Balaban J connectivity index is 2.06. The van der Waals surface area contributed by atoms with Crippen LogP contribution in [0.25, 0.3) is 0 Å². The summed E-state index contributed by atoms with van der Waals surface area (Å²) in [5, 5.41) is 13.5. The number of hydrogen-bond acceptors (Lipinski definition) is 3. The van der Waals surface area contributed by atoms with Crippen molar-refractivity contribution in [3.63, 3.8) is 0 Å². The van der Waals surface area contributed by atoms with Crippen LogP contribution >= 0.6 is 11.3 Å². The zero-order chi connectivity index (χ0) is 13.8. The Bertz CT molecular complexity index is 528. The third-order valence-electron chi connectivity index (χ3n) is 3.46. The largest absolute Gasteiger partial charge is 0.508 e. The van der Waals surface area contributed by atoms with E-state index in [2.05, 4.69) is 32.2 Å². The van der Waals surface area contributed by atoms with E-state index in [1.54, 1.807) is 6.07 Å². The van der Waals surface area contributed by atoms with E-state index in [0.717, 1.165) is 18.5 Å². The highest BCUT2D eigenvalue weighted by Gasteiger charge is 2.13. The van der Waals surface area contributed by atoms with Gasteiger partial charge < -0.3 is 10.4 Å². The third-order valence-corrected chi connectivity index (χ3v) is 4.61. The Morgan fingerprint density at radius 2 is 2.00 bits per heavy atom. The van der Waals surface area contributed by atoms with E-state index in [4.69, 9.17) is 0 Å². The van der Waals surface area contributed by atoms with E-state index in [1.165, 1.54) is 15.3 Å². The Hall–Kier alpha value is -1.32. The first kappa shape index (κ1) is 14.1. The van der Waals surface area contributed by atoms with Crippen LogP contribution in [0.15, 0.2) is 30.3 Å². The summed E-state index contributed by atoms with van der Waals surface area (Å²) in [6.45, 7) is 7.29. The predicted octanol–water partition coefficient (Wildman–Crippen LogP) is 4.31. The molecule has 0 fully saturated rings. The lowest BCUT2D eigenvalue weighted by Gasteiger charge is -2.18. The summed E-state index contributed by atoms with van der Waals surface area (Å²) in [6, 6.07) is 10.0. The molecule has 1 aromatic heterocycles. The van der Waals surface area contributed by atoms with Gasteiger partial charge in [0.15, 0.2) is 0 Å². The SMILES string of the molecule is CCC(NCc1cc(C)c(C)s1)c1ccccc1O. The quantitative estimate of drug-likeness (QED) is 0.852. The maximum atomic E-state index is 9.92. The number of nitrogens with one attached hydrogen (secondary N) is 1. The van der Waals surface area contributed by atoms with Crippen molar-refractivity contribution in [2.45, 2.75) is 39.8 Å². The molecule has 0 aliphatic rings. The van der Waals surface area contributed by atoms with Gasteiger partial charge in [-0.1, -0.05) is 25.1 Å². The Labute approximate surface area is 119 Å². The van der Waals surface area contributed by atoms with E-state index in [9.17, 15) is 5.11 Å². The molecule has 0 saturated carbocycles. The number of hydrogen-bond donors (Lipinski definition) is 2. The van der Waals surface area contributed by atoms with E-state index < -0.39 is 0 Å². The Morgan fingerprint density at radius 1 is 1.26 bits per heavy atom. The highest BCUT2D eigenvalue weighted by molar-refractivity contribution is 7.12. The predicted molar refractivity (Wildman–Crippen MR) is 81.8 cm³/mol. The number of para-hydroxylation sites is 1. The van der Waals surface area contributed by atoms with Crippen LogP contribution in [0, 0.1) is 13.8 Å². The van der Waals surface area contributed by atoms with Gasteiger partial charge in [0.1, 0.15) is 5.75 Å². The highest BCUT2D eigenvalue weighted by Crippen LogP contribution is 2.27. The van der Waals surface area contributed by atoms with Gasteiger partial charge in [-0.25, -0.2) is 0 Å². The fourth-order valence-corrected chi connectivity index (χ4v) is 3.22. The summed E-state index contributed by atoms with van der Waals surface area (Å²) >= 11 is 1.84. The first-order valence-corrected chi connectivity index (χ1v) is 7.50. The Kier molecular flexibility index (Phi) is 4.61. The standard InChI is InChI=1S/C16H21NOS/c1-4-15(14-7-5-6-8-16(14)18)17-10-13-9-11(2)12(3)19-13/h5-9,15,17-18H,4,10H2,1-3H3. The van der Waals surface area contributed by atoms with Gasteiger partial charge in [-0.15, -0.1) is 11.3 Å². The van der Waals surface area contributed by atoms with Gasteiger partial charge in [0.05, 0.1) is 0 Å². The molecule has 0 amide bonds. The van der Waals surface area contributed by atoms with Crippen LogP contribution in [0.3, 0.4) is 0 Å². The van der Waals surface area contributed by atoms with Crippen molar-refractivity contribution >= 4 is 11.3 Å². The first-order valence-electron chi connectivity index (χ1n) is 6.69. The fourth-order valence-electron chi connectivity index (χ4n) is 2.22. The molecule has 0 aliphatic heterocycles.